The molecule has 3 heteroatoms. The van der Waals surface area contributed by atoms with Crippen LogP contribution in [-0.4, -0.2) is 16.4 Å². The zero-order valence-electron chi connectivity index (χ0n) is 22.8. The fraction of sp³-hybridized carbons (Fsp3) is 0.903. The lowest BCUT2D eigenvalue weighted by Crippen LogP contribution is -2.50. The summed E-state index contributed by atoms with van der Waals surface area (Å²) in [5, 5.41) is 0. The van der Waals surface area contributed by atoms with E-state index in [1.54, 1.807) is 5.57 Å². The maximum atomic E-state index is 12.4. The lowest BCUT2D eigenvalue weighted by molar-refractivity contribution is -0.153. The van der Waals surface area contributed by atoms with Gasteiger partial charge in [-0.05, 0) is 99.7 Å². The normalized spacial score (nSPS) is 39.6. The molecule has 3 fully saturated rings. The van der Waals surface area contributed by atoms with Crippen LogP contribution in [0.5, 0.6) is 0 Å². The molecule has 0 aromatic heterocycles. The van der Waals surface area contributed by atoms with Crippen molar-refractivity contribution >= 4 is 21.9 Å². The van der Waals surface area contributed by atoms with Crippen LogP contribution < -0.4 is 0 Å². The SMILES string of the molecule is CCCCCCCCC1CCC2C3CC=C4C[C@@H](OC(=O)C(C)(C)Br)CC[C@]4(C)C3CC[C@]12C. The molecule has 2 nitrogen and oxygen atoms in total. The third-order valence-electron chi connectivity index (χ3n) is 10.9. The van der Waals surface area contributed by atoms with E-state index in [0.717, 1.165) is 36.5 Å². The van der Waals surface area contributed by atoms with Gasteiger partial charge in [-0.2, -0.15) is 0 Å². The van der Waals surface area contributed by atoms with Crippen LogP contribution in [0.3, 0.4) is 0 Å². The molecule has 4 aliphatic carbocycles. The summed E-state index contributed by atoms with van der Waals surface area (Å²) in [4.78, 5) is 12.4. The van der Waals surface area contributed by atoms with Gasteiger partial charge in [-0.3, -0.25) is 4.79 Å². The van der Waals surface area contributed by atoms with Crippen molar-refractivity contribution in [2.24, 2.45) is 34.5 Å². The predicted octanol–water partition coefficient (Wildman–Crippen LogP) is 9.40. The first-order chi connectivity index (χ1) is 16.1. The molecule has 4 unspecified atom stereocenters. The van der Waals surface area contributed by atoms with Gasteiger partial charge in [-0.25, -0.2) is 0 Å². The smallest absolute Gasteiger partial charge is 0.322 e. The lowest BCUT2D eigenvalue weighted by atomic mass is 9.47. The van der Waals surface area contributed by atoms with Gasteiger partial charge >= 0.3 is 5.97 Å². The molecular formula is C31H51BrO2. The summed E-state index contributed by atoms with van der Waals surface area (Å²) in [6.07, 6.45) is 22.9. The topological polar surface area (TPSA) is 26.3 Å². The Labute approximate surface area is 218 Å². The second-order valence-corrected chi connectivity index (χ2v) is 15.4. The van der Waals surface area contributed by atoms with Crippen LogP contribution in [0.4, 0.5) is 0 Å². The van der Waals surface area contributed by atoms with Gasteiger partial charge in [0.25, 0.3) is 0 Å². The third kappa shape index (κ3) is 5.21. The Morgan fingerprint density at radius 2 is 1.76 bits per heavy atom. The number of esters is 1. The maximum Gasteiger partial charge on any atom is 0.322 e. The van der Waals surface area contributed by atoms with E-state index in [4.69, 9.17) is 4.74 Å². The molecular weight excluding hydrogens is 484 g/mol. The van der Waals surface area contributed by atoms with E-state index >= 15 is 0 Å². The number of hydrogen-bond acceptors (Lipinski definition) is 2. The molecule has 4 aliphatic rings. The minimum Gasteiger partial charge on any atom is -0.461 e. The molecule has 0 aromatic rings. The number of unbranched alkanes of at least 4 members (excludes halogenated alkanes) is 5. The van der Waals surface area contributed by atoms with Crippen LogP contribution in [0.25, 0.3) is 0 Å². The molecule has 0 heterocycles. The van der Waals surface area contributed by atoms with Crippen molar-refractivity contribution in [3.05, 3.63) is 11.6 Å². The summed E-state index contributed by atoms with van der Waals surface area (Å²) >= 11 is 3.47. The summed E-state index contributed by atoms with van der Waals surface area (Å²) in [5.74, 6) is 3.48. The van der Waals surface area contributed by atoms with Crippen LogP contribution in [-0.2, 0) is 9.53 Å². The number of carbonyl (C=O) groups excluding carboxylic acids is 1. The number of allylic oxidation sites excluding steroid dienone is 1. The molecule has 0 saturated heterocycles. The van der Waals surface area contributed by atoms with E-state index in [2.05, 4.69) is 42.8 Å². The zero-order valence-corrected chi connectivity index (χ0v) is 24.4. The highest BCUT2D eigenvalue weighted by Gasteiger charge is 2.58. The molecule has 0 aromatic carbocycles. The molecule has 7 atom stereocenters. The lowest BCUT2D eigenvalue weighted by Gasteiger charge is -2.58. The van der Waals surface area contributed by atoms with Gasteiger partial charge in [0.2, 0.25) is 0 Å². The molecule has 0 radical (unpaired) electrons. The number of carbonyl (C=O) groups is 1. The summed E-state index contributed by atoms with van der Waals surface area (Å²) < 4.78 is 5.33. The first kappa shape index (κ1) is 26.7. The van der Waals surface area contributed by atoms with E-state index in [0.29, 0.717) is 10.8 Å². The van der Waals surface area contributed by atoms with Crippen molar-refractivity contribution in [2.45, 2.75) is 141 Å². The molecule has 0 aliphatic heterocycles. The van der Waals surface area contributed by atoms with Crippen molar-refractivity contribution in [2.75, 3.05) is 0 Å². The van der Waals surface area contributed by atoms with Crippen LogP contribution >= 0.6 is 15.9 Å². The first-order valence-electron chi connectivity index (χ1n) is 14.7. The standard InChI is InChI=1S/C31H51BrO2/c1-6-7-8-9-10-11-12-22-14-16-26-25-15-13-23-21-24(34-28(33)29(2,3)32)17-19-31(23,5)27(25)18-20-30(22,26)4/h13,22,24-27H,6-12,14-21H2,1-5H3/t22?,24-,25?,26?,27?,30+,31-/m0/s1. The first-order valence-corrected chi connectivity index (χ1v) is 15.5. The van der Waals surface area contributed by atoms with Crippen molar-refractivity contribution in [3.63, 3.8) is 0 Å². The van der Waals surface area contributed by atoms with Crippen LogP contribution in [0.2, 0.25) is 0 Å². The summed E-state index contributed by atoms with van der Waals surface area (Å²) in [6.45, 7) is 11.3. The number of hydrogen-bond donors (Lipinski definition) is 0. The number of halogens is 1. The van der Waals surface area contributed by atoms with E-state index < -0.39 is 4.32 Å². The summed E-state index contributed by atoms with van der Waals surface area (Å²) in [5.41, 5.74) is 2.52. The van der Waals surface area contributed by atoms with E-state index in [1.807, 2.05) is 13.8 Å². The van der Waals surface area contributed by atoms with Gasteiger partial charge in [0.15, 0.2) is 0 Å². The fourth-order valence-electron chi connectivity index (χ4n) is 8.77. The van der Waals surface area contributed by atoms with Crippen LogP contribution in [0.15, 0.2) is 11.6 Å². The number of alkyl halides is 1. The Morgan fingerprint density at radius 1 is 1.03 bits per heavy atom. The number of ether oxygens (including phenoxy) is 1. The Morgan fingerprint density at radius 3 is 2.50 bits per heavy atom. The Hall–Kier alpha value is -0.310. The average Bonchev–Trinajstić information content (AvgIpc) is 3.12. The van der Waals surface area contributed by atoms with Gasteiger partial charge in [-0.15, -0.1) is 0 Å². The Balaban J connectivity index is 1.38. The quantitative estimate of drug-likeness (QED) is 0.127. The van der Waals surface area contributed by atoms with Crippen LogP contribution in [0.1, 0.15) is 131 Å². The van der Waals surface area contributed by atoms with E-state index in [1.165, 1.54) is 83.5 Å². The minimum atomic E-state index is -0.595. The molecule has 194 valence electrons. The van der Waals surface area contributed by atoms with E-state index in [9.17, 15) is 4.79 Å². The molecule has 0 amide bonds. The average molecular weight is 536 g/mol. The highest BCUT2D eigenvalue weighted by Crippen LogP contribution is 2.66. The molecule has 4 rings (SSSR count). The van der Waals surface area contributed by atoms with Crippen LogP contribution in [0, 0.1) is 34.5 Å². The maximum absolute atomic E-state index is 12.4. The third-order valence-corrected chi connectivity index (χ3v) is 11.2. The highest BCUT2D eigenvalue weighted by molar-refractivity contribution is 9.10. The summed E-state index contributed by atoms with van der Waals surface area (Å²) in [7, 11) is 0. The number of fused-ring (bicyclic) bond motifs is 5. The Bertz CT molecular complexity index is 751. The second-order valence-electron chi connectivity index (χ2n) is 13.4. The number of rotatable bonds is 9. The van der Waals surface area contributed by atoms with E-state index in [-0.39, 0.29) is 12.1 Å². The minimum absolute atomic E-state index is 0.0576. The van der Waals surface area contributed by atoms with Gasteiger partial charge in [0.05, 0.1) is 0 Å². The van der Waals surface area contributed by atoms with Crippen molar-refractivity contribution in [1.82, 2.24) is 0 Å². The predicted molar refractivity (Wildman–Crippen MR) is 146 cm³/mol. The van der Waals surface area contributed by atoms with Gasteiger partial charge in [-0.1, -0.05) is 86.9 Å². The second kappa shape index (κ2) is 10.6. The van der Waals surface area contributed by atoms with Crippen molar-refractivity contribution < 1.29 is 9.53 Å². The molecule has 0 spiro atoms. The monoisotopic (exact) mass is 534 g/mol. The largest absolute Gasteiger partial charge is 0.461 e. The highest BCUT2D eigenvalue weighted by atomic mass is 79.9. The molecule has 0 bridgehead atoms. The van der Waals surface area contributed by atoms with Crippen molar-refractivity contribution in [1.29, 1.82) is 0 Å². The molecule has 34 heavy (non-hydrogen) atoms. The fourth-order valence-corrected chi connectivity index (χ4v) is 8.87. The van der Waals surface area contributed by atoms with Gasteiger partial charge in [0.1, 0.15) is 10.4 Å². The summed E-state index contributed by atoms with van der Waals surface area (Å²) in [6, 6.07) is 0. The van der Waals surface area contributed by atoms with Gasteiger partial charge in [0, 0.05) is 6.42 Å². The molecule has 3 saturated carbocycles. The van der Waals surface area contributed by atoms with Gasteiger partial charge < -0.3 is 4.74 Å². The zero-order chi connectivity index (χ0) is 24.6. The molecule has 0 N–H and O–H groups in total. The Kier molecular flexibility index (Phi) is 8.33. The van der Waals surface area contributed by atoms with Crippen molar-refractivity contribution in [3.8, 4) is 0 Å².